The summed E-state index contributed by atoms with van der Waals surface area (Å²) < 4.78 is 0. The summed E-state index contributed by atoms with van der Waals surface area (Å²) in [7, 11) is 0. The number of rotatable bonds is 5. The predicted molar refractivity (Wildman–Crippen MR) is 61.1 cm³/mol. The number of unbranched alkanes of at least 4 members (excludes halogenated alkanes) is 2. The van der Waals surface area contributed by atoms with Gasteiger partial charge in [-0.2, -0.15) is 0 Å². The minimum atomic E-state index is -0.0877. The van der Waals surface area contributed by atoms with Crippen LogP contribution in [0.5, 0.6) is 0 Å². The number of pyridine rings is 1. The van der Waals surface area contributed by atoms with Crippen LogP contribution in [0.25, 0.3) is 0 Å². The summed E-state index contributed by atoms with van der Waals surface area (Å²) >= 11 is 5.62. The Bertz CT molecular complexity index is 311. The van der Waals surface area contributed by atoms with E-state index < -0.39 is 0 Å². The summed E-state index contributed by atoms with van der Waals surface area (Å²) in [5.41, 5.74) is 0.552. The van der Waals surface area contributed by atoms with E-state index in [2.05, 4.69) is 17.2 Å². The maximum atomic E-state index is 11.5. The van der Waals surface area contributed by atoms with Gasteiger partial charge in [-0.25, -0.2) is 4.98 Å². The van der Waals surface area contributed by atoms with E-state index in [-0.39, 0.29) is 5.91 Å². The van der Waals surface area contributed by atoms with Crippen LogP contribution < -0.4 is 5.32 Å². The number of amides is 1. The fraction of sp³-hybridized carbons (Fsp3) is 0.455. The molecule has 1 aromatic heterocycles. The second kappa shape index (κ2) is 6.40. The molecular weight excluding hydrogens is 212 g/mol. The van der Waals surface area contributed by atoms with Crippen molar-refractivity contribution in [1.82, 2.24) is 10.3 Å². The smallest absolute Gasteiger partial charge is 0.252 e. The molecule has 0 aliphatic heterocycles. The monoisotopic (exact) mass is 226 g/mol. The normalized spacial score (nSPS) is 10.0. The molecule has 0 aliphatic carbocycles. The number of halogens is 1. The minimum Gasteiger partial charge on any atom is -0.352 e. The molecule has 15 heavy (non-hydrogen) atoms. The third-order valence-corrected chi connectivity index (χ3v) is 2.28. The largest absolute Gasteiger partial charge is 0.352 e. The molecular formula is C11H15ClN2O. The van der Waals surface area contributed by atoms with E-state index in [1.165, 1.54) is 6.20 Å². The van der Waals surface area contributed by atoms with Gasteiger partial charge < -0.3 is 5.32 Å². The van der Waals surface area contributed by atoms with Crippen LogP contribution in [-0.2, 0) is 0 Å². The van der Waals surface area contributed by atoms with Crippen molar-refractivity contribution < 1.29 is 4.79 Å². The van der Waals surface area contributed by atoms with Crippen molar-refractivity contribution in [3.63, 3.8) is 0 Å². The van der Waals surface area contributed by atoms with Gasteiger partial charge in [0, 0.05) is 12.7 Å². The number of hydrogen-bond donors (Lipinski definition) is 1. The zero-order valence-corrected chi connectivity index (χ0v) is 9.55. The summed E-state index contributed by atoms with van der Waals surface area (Å²) in [5.74, 6) is -0.0877. The molecule has 1 amide bonds. The standard InChI is InChI=1S/C11H15ClN2O/c1-2-3-4-7-13-11(15)9-5-6-10(12)14-8-9/h5-6,8H,2-4,7H2,1H3,(H,13,15). The summed E-state index contributed by atoms with van der Waals surface area (Å²) in [6.07, 6.45) is 4.79. The van der Waals surface area contributed by atoms with Gasteiger partial charge in [-0.3, -0.25) is 4.79 Å². The Morgan fingerprint density at radius 3 is 2.87 bits per heavy atom. The topological polar surface area (TPSA) is 42.0 Å². The van der Waals surface area contributed by atoms with Gasteiger partial charge in [-0.1, -0.05) is 31.4 Å². The van der Waals surface area contributed by atoms with E-state index in [9.17, 15) is 4.79 Å². The third-order valence-electron chi connectivity index (χ3n) is 2.06. The average molecular weight is 227 g/mol. The van der Waals surface area contributed by atoms with Gasteiger partial charge >= 0.3 is 0 Å². The molecule has 1 N–H and O–H groups in total. The van der Waals surface area contributed by atoms with E-state index in [1.54, 1.807) is 12.1 Å². The lowest BCUT2D eigenvalue weighted by Gasteiger charge is -2.03. The Kier molecular flexibility index (Phi) is 5.12. The summed E-state index contributed by atoms with van der Waals surface area (Å²) in [6, 6.07) is 3.28. The Hall–Kier alpha value is -1.09. The number of carbonyl (C=O) groups excluding carboxylic acids is 1. The van der Waals surface area contributed by atoms with Crippen LogP contribution in [0.15, 0.2) is 18.3 Å². The highest BCUT2D eigenvalue weighted by Crippen LogP contribution is 2.05. The van der Waals surface area contributed by atoms with Gasteiger partial charge in [0.1, 0.15) is 5.15 Å². The molecule has 0 spiro atoms. The van der Waals surface area contributed by atoms with Gasteiger partial charge in [-0.15, -0.1) is 0 Å². The molecule has 1 aromatic rings. The van der Waals surface area contributed by atoms with Gasteiger partial charge in [-0.05, 0) is 18.6 Å². The number of aromatic nitrogens is 1. The molecule has 4 heteroatoms. The maximum absolute atomic E-state index is 11.5. The Morgan fingerprint density at radius 2 is 2.27 bits per heavy atom. The molecule has 0 saturated heterocycles. The van der Waals surface area contributed by atoms with Crippen molar-refractivity contribution in [1.29, 1.82) is 0 Å². The van der Waals surface area contributed by atoms with Crippen molar-refractivity contribution in [2.75, 3.05) is 6.54 Å². The Labute approximate surface area is 94.9 Å². The highest BCUT2D eigenvalue weighted by atomic mass is 35.5. The summed E-state index contributed by atoms with van der Waals surface area (Å²) in [4.78, 5) is 15.4. The van der Waals surface area contributed by atoms with Crippen LogP contribution in [0.2, 0.25) is 5.15 Å². The van der Waals surface area contributed by atoms with E-state index in [4.69, 9.17) is 11.6 Å². The molecule has 0 saturated carbocycles. The molecule has 0 aromatic carbocycles. The average Bonchev–Trinajstić information content (AvgIpc) is 2.25. The quantitative estimate of drug-likeness (QED) is 0.620. The fourth-order valence-corrected chi connectivity index (χ4v) is 1.30. The van der Waals surface area contributed by atoms with Crippen LogP contribution in [0.4, 0.5) is 0 Å². The van der Waals surface area contributed by atoms with Crippen molar-refractivity contribution in [2.45, 2.75) is 26.2 Å². The zero-order chi connectivity index (χ0) is 11.1. The first kappa shape index (κ1) is 12.0. The summed E-state index contributed by atoms with van der Waals surface area (Å²) in [6.45, 7) is 2.85. The number of nitrogens with zero attached hydrogens (tertiary/aromatic N) is 1. The molecule has 3 nitrogen and oxygen atoms in total. The SMILES string of the molecule is CCCCCNC(=O)c1ccc(Cl)nc1. The lowest BCUT2D eigenvalue weighted by atomic mass is 10.2. The maximum Gasteiger partial charge on any atom is 0.252 e. The van der Waals surface area contributed by atoms with Gasteiger partial charge in [0.15, 0.2) is 0 Å². The van der Waals surface area contributed by atoms with Crippen LogP contribution >= 0.6 is 11.6 Å². The Balaban J connectivity index is 2.37. The van der Waals surface area contributed by atoms with Crippen LogP contribution in [0.1, 0.15) is 36.5 Å². The molecule has 0 unspecified atom stereocenters. The zero-order valence-electron chi connectivity index (χ0n) is 8.79. The first-order valence-electron chi connectivity index (χ1n) is 5.13. The van der Waals surface area contributed by atoms with Crippen LogP contribution in [0.3, 0.4) is 0 Å². The number of carbonyl (C=O) groups is 1. The highest BCUT2D eigenvalue weighted by Gasteiger charge is 2.04. The van der Waals surface area contributed by atoms with Gasteiger partial charge in [0.25, 0.3) is 5.91 Å². The van der Waals surface area contributed by atoms with Crippen molar-refractivity contribution in [2.24, 2.45) is 0 Å². The Morgan fingerprint density at radius 1 is 1.47 bits per heavy atom. The van der Waals surface area contributed by atoms with Crippen molar-refractivity contribution in [3.8, 4) is 0 Å². The lowest BCUT2D eigenvalue weighted by Crippen LogP contribution is -2.24. The van der Waals surface area contributed by atoms with E-state index >= 15 is 0 Å². The van der Waals surface area contributed by atoms with Crippen LogP contribution in [-0.4, -0.2) is 17.4 Å². The van der Waals surface area contributed by atoms with Gasteiger partial charge in [0.05, 0.1) is 5.56 Å². The fourth-order valence-electron chi connectivity index (χ4n) is 1.19. The number of hydrogen-bond acceptors (Lipinski definition) is 2. The molecule has 0 aliphatic rings. The molecule has 0 bridgehead atoms. The second-order valence-electron chi connectivity index (χ2n) is 3.33. The first-order chi connectivity index (χ1) is 7.24. The number of nitrogens with one attached hydrogen (secondary N) is 1. The van der Waals surface area contributed by atoms with E-state index in [0.29, 0.717) is 10.7 Å². The molecule has 82 valence electrons. The highest BCUT2D eigenvalue weighted by molar-refractivity contribution is 6.29. The summed E-state index contributed by atoms with van der Waals surface area (Å²) in [5, 5.41) is 3.23. The molecule has 0 fully saturated rings. The molecule has 1 heterocycles. The van der Waals surface area contributed by atoms with Crippen molar-refractivity contribution >= 4 is 17.5 Å². The third kappa shape index (κ3) is 4.30. The second-order valence-corrected chi connectivity index (χ2v) is 3.72. The van der Waals surface area contributed by atoms with E-state index in [0.717, 1.165) is 25.8 Å². The van der Waals surface area contributed by atoms with Crippen molar-refractivity contribution in [3.05, 3.63) is 29.0 Å². The minimum absolute atomic E-state index is 0.0877. The lowest BCUT2D eigenvalue weighted by molar-refractivity contribution is 0.0952. The predicted octanol–water partition coefficient (Wildman–Crippen LogP) is 2.66. The molecule has 0 atom stereocenters. The first-order valence-corrected chi connectivity index (χ1v) is 5.51. The van der Waals surface area contributed by atoms with Gasteiger partial charge in [0.2, 0.25) is 0 Å². The van der Waals surface area contributed by atoms with E-state index in [1.807, 2.05) is 0 Å². The molecule has 0 radical (unpaired) electrons. The molecule has 1 rings (SSSR count). The van der Waals surface area contributed by atoms with Crippen LogP contribution in [0, 0.1) is 0 Å².